The van der Waals surface area contributed by atoms with Crippen molar-refractivity contribution in [3.05, 3.63) is 58.5 Å². The number of likely N-dealkylation sites (N-methyl/N-ethyl adjacent to an activating group) is 1. The summed E-state index contributed by atoms with van der Waals surface area (Å²) in [6.45, 7) is 4.39. The van der Waals surface area contributed by atoms with Gasteiger partial charge in [0.1, 0.15) is 5.76 Å². The number of carbonyl (C=O) groups is 1. The Hall–Kier alpha value is -1.78. The highest BCUT2D eigenvalue weighted by Crippen LogP contribution is 2.25. The summed E-state index contributed by atoms with van der Waals surface area (Å²) in [5.74, 6) is 0.955. The molecule has 2 rings (SSSR count). The van der Waals surface area contributed by atoms with Crippen LogP contribution in [-0.2, 0) is 6.54 Å². The van der Waals surface area contributed by atoms with Crippen molar-refractivity contribution in [2.45, 2.75) is 32.4 Å². The van der Waals surface area contributed by atoms with Crippen LogP contribution in [0.3, 0.4) is 0 Å². The second-order valence-electron chi connectivity index (χ2n) is 5.47. The first-order valence-corrected chi connectivity index (χ1v) is 7.63. The fraction of sp³-hybridized carbons (Fsp3) is 0.353. The second-order valence-corrected chi connectivity index (χ2v) is 5.90. The number of hydrogen-bond acceptors (Lipinski definition) is 3. The first-order chi connectivity index (χ1) is 10.4. The van der Waals surface area contributed by atoms with Crippen LogP contribution in [0.2, 0.25) is 5.02 Å². The van der Waals surface area contributed by atoms with Crippen LogP contribution in [0.5, 0.6) is 0 Å². The van der Waals surface area contributed by atoms with Gasteiger partial charge in [0.2, 0.25) is 0 Å². The predicted molar refractivity (Wildman–Crippen MR) is 88.0 cm³/mol. The number of carbonyl (C=O) groups excluding carboxylic acids is 1. The SMILES string of the molecule is C[C@H]([C@@H](C)c1ccc(Cl)cc1)N(C)C(=O)c1ccc(CN)o1. The van der Waals surface area contributed by atoms with Gasteiger partial charge in [-0.05, 0) is 36.8 Å². The minimum Gasteiger partial charge on any atom is -0.455 e. The zero-order chi connectivity index (χ0) is 16.3. The quantitative estimate of drug-likeness (QED) is 0.914. The van der Waals surface area contributed by atoms with Crippen molar-refractivity contribution >= 4 is 17.5 Å². The number of rotatable bonds is 5. The third kappa shape index (κ3) is 3.51. The Balaban J connectivity index is 2.11. The van der Waals surface area contributed by atoms with E-state index in [-0.39, 0.29) is 24.4 Å². The van der Waals surface area contributed by atoms with Crippen LogP contribution >= 0.6 is 11.6 Å². The monoisotopic (exact) mass is 320 g/mol. The summed E-state index contributed by atoms with van der Waals surface area (Å²) < 4.78 is 5.43. The molecule has 1 heterocycles. The van der Waals surface area contributed by atoms with E-state index < -0.39 is 0 Å². The lowest BCUT2D eigenvalue weighted by Gasteiger charge is -2.29. The molecule has 4 nitrogen and oxygen atoms in total. The molecule has 0 aliphatic heterocycles. The van der Waals surface area contributed by atoms with Gasteiger partial charge in [0, 0.05) is 24.0 Å². The van der Waals surface area contributed by atoms with E-state index >= 15 is 0 Å². The molecule has 0 bridgehead atoms. The normalized spacial score (nSPS) is 13.7. The van der Waals surface area contributed by atoms with E-state index in [1.165, 1.54) is 0 Å². The summed E-state index contributed by atoms with van der Waals surface area (Å²) in [6, 6.07) is 11.1. The van der Waals surface area contributed by atoms with E-state index in [1.807, 2.05) is 31.2 Å². The van der Waals surface area contributed by atoms with Gasteiger partial charge in [0.25, 0.3) is 5.91 Å². The summed E-state index contributed by atoms with van der Waals surface area (Å²) in [7, 11) is 1.78. The van der Waals surface area contributed by atoms with E-state index in [4.69, 9.17) is 21.8 Å². The number of benzene rings is 1. The summed E-state index contributed by atoms with van der Waals surface area (Å²) in [5, 5.41) is 0.706. The van der Waals surface area contributed by atoms with E-state index in [9.17, 15) is 4.79 Å². The van der Waals surface area contributed by atoms with Crippen molar-refractivity contribution in [2.75, 3.05) is 7.05 Å². The van der Waals surface area contributed by atoms with Crippen molar-refractivity contribution in [3.8, 4) is 0 Å². The molecule has 118 valence electrons. The number of amides is 1. The summed E-state index contributed by atoms with van der Waals surface area (Å²) in [6.07, 6.45) is 0. The Bertz CT molecular complexity index is 636. The van der Waals surface area contributed by atoms with Gasteiger partial charge < -0.3 is 15.1 Å². The minimum absolute atomic E-state index is 0.0140. The zero-order valence-electron chi connectivity index (χ0n) is 13.0. The molecular weight excluding hydrogens is 300 g/mol. The van der Waals surface area contributed by atoms with E-state index in [1.54, 1.807) is 24.1 Å². The van der Waals surface area contributed by atoms with E-state index in [0.717, 1.165) is 5.56 Å². The average molecular weight is 321 g/mol. The highest BCUT2D eigenvalue weighted by Gasteiger charge is 2.25. The van der Waals surface area contributed by atoms with E-state index in [2.05, 4.69) is 6.92 Å². The number of nitrogens with zero attached hydrogens (tertiary/aromatic N) is 1. The van der Waals surface area contributed by atoms with Gasteiger partial charge in [-0.15, -0.1) is 0 Å². The molecule has 0 saturated carbocycles. The lowest BCUT2D eigenvalue weighted by Crippen LogP contribution is -2.38. The van der Waals surface area contributed by atoms with Crippen molar-refractivity contribution in [2.24, 2.45) is 5.73 Å². The Morgan fingerprint density at radius 2 is 1.86 bits per heavy atom. The lowest BCUT2D eigenvalue weighted by molar-refractivity contribution is 0.0692. The smallest absolute Gasteiger partial charge is 0.289 e. The number of hydrogen-bond donors (Lipinski definition) is 1. The molecule has 22 heavy (non-hydrogen) atoms. The average Bonchev–Trinajstić information content (AvgIpc) is 3.01. The van der Waals surface area contributed by atoms with Gasteiger partial charge in [0.15, 0.2) is 5.76 Å². The standard InChI is InChI=1S/C17H21ClN2O2/c1-11(13-4-6-14(18)7-5-13)12(2)20(3)17(21)16-9-8-15(10-19)22-16/h4-9,11-12H,10,19H2,1-3H3/t11-,12-/m1/s1. The van der Waals surface area contributed by atoms with Gasteiger partial charge in [-0.2, -0.15) is 0 Å². The Kier molecular flexibility index (Phi) is 5.27. The Morgan fingerprint density at radius 3 is 2.41 bits per heavy atom. The molecule has 1 aromatic carbocycles. The molecule has 0 unspecified atom stereocenters. The number of furan rings is 1. The maximum atomic E-state index is 12.5. The van der Waals surface area contributed by atoms with Crippen LogP contribution in [0.25, 0.3) is 0 Å². The molecule has 5 heteroatoms. The lowest BCUT2D eigenvalue weighted by atomic mass is 9.93. The molecule has 0 fully saturated rings. The topological polar surface area (TPSA) is 59.5 Å². The third-order valence-electron chi connectivity index (χ3n) is 4.12. The van der Waals surface area contributed by atoms with Crippen molar-refractivity contribution in [3.63, 3.8) is 0 Å². The minimum atomic E-state index is -0.145. The van der Waals surface area contributed by atoms with Crippen molar-refractivity contribution in [1.29, 1.82) is 0 Å². The zero-order valence-corrected chi connectivity index (χ0v) is 13.8. The summed E-state index contributed by atoms with van der Waals surface area (Å²) >= 11 is 5.92. The first kappa shape index (κ1) is 16.6. The van der Waals surface area contributed by atoms with Crippen LogP contribution in [0.15, 0.2) is 40.8 Å². The van der Waals surface area contributed by atoms with Crippen LogP contribution in [0.1, 0.15) is 41.6 Å². The van der Waals surface area contributed by atoms with Gasteiger partial charge in [-0.25, -0.2) is 0 Å². The molecule has 2 N–H and O–H groups in total. The van der Waals surface area contributed by atoms with Crippen molar-refractivity contribution < 1.29 is 9.21 Å². The first-order valence-electron chi connectivity index (χ1n) is 7.25. The largest absolute Gasteiger partial charge is 0.455 e. The van der Waals surface area contributed by atoms with Crippen molar-refractivity contribution in [1.82, 2.24) is 4.90 Å². The Labute approximate surface area is 135 Å². The number of halogens is 1. The van der Waals surface area contributed by atoms with E-state index in [0.29, 0.717) is 16.5 Å². The highest BCUT2D eigenvalue weighted by atomic mass is 35.5. The fourth-order valence-corrected chi connectivity index (χ4v) is 2.47. The van der Waals surface area contributed by atoms with Crippen LogP contribution in [-0.4, -0.2) is 23.9 Å². The molecule has 0 spiro atoms. The fourth-order valence-electron chi connectivity index (χ4n) is 2.34. The molecule has 2 atom stereocenters. The molecule has 1 aromatic heterocycles. The van der Waals surface area contributed by atoms with Gasteiger partial charge in [0.05, 0.1) is 6.54 Å². The molecular formula is C17H21ClN2O2. The maximum Gasteiger partial charge on any atom is 0.289 e. The molecule has 0 aliphatic rings. The van der Waals surface area contributed by atoms with Gasteiger partial charge >= 0.3 is 0 Å². The predicted octanol–water partition coefficient (Wildman–Crippen LogP) is 3.66. The molecule has 1 amide bonds. The second kappa shape index (κ2) is 6.99. The summed E-state index contributed by atoms with van der Waals surface area (Å²) in [5.41, 5.74) is 6.64. The molecule has 0 saturated heterocycles. The molecule has 0 radical (unpaired) electrons. The van der Waals surface area contributed by atoms with Gasteiger partial charge in [-0.1, -0.05) is 30.7 Å². The molecule has 0 aliphatic carbocycles. The van der Waals surface area contributed by atoms with Crippen LogP contribution < -0.4 is 5.73 Å². The summed E-state index contributed by atoms with van der Waals surface area (Å²) in [4.78, 5) is 14.2. The molecule has 2 aromatic rings. The number of nitrogens with two attached hydrogens (primary N) is 1. The highest BCUT2D eigenvalue weighted by molar-refractivity contribution is 6.30. The third-order valence-corrected chi connectivity index (χ3v) is 4.38. The van der Waals surface area contributed by atoms with Crippen LogP contribution in [0, 0.1) is 0 Å². The van der Waals surface area contributed by atoms with Crippen LogP contribution in [0.4, 0.5) is 0 Å². The van der Waals surface area contributed by atoms with Gasteiger partial charge in [-0.3, -0.25) is 4.79 Å². The maximum absolute atomic E-state index is 12.5. The Morgan fingerprint density at radius 1 is 1.23 bits per heavy atom.